The number of ether oxygens (including phenoxy) is 1. The van der Waals surface area contributed by atoms with Crippen LogP contribution >= 0.6 is 0 Å². The average molecular weight is 362 g/mol. The molecule has 27 heavy (non-hydrogen) atoms. The lowest BCUT2D eigenvalue weighted by molar-refractivity contribution is 0.0527. The molecule has 0 spiro atoms. The highest BCUT2D eigenvalue weighted by Gasteiger charge is 2.16. The summed E-state index contributed by atoms with van der Waals surface area (Å²) in [7, 11) is 0. The number of hydrogen-bond donors (Lipinski definition) is 2. The molecule has 7 heteroatoms. The number of nitrogens with one attached hydrogen (secondary N) is 2. The Morgan fingerprint density at radius 3 is 2.52 bits per heavy atom. The van der Waals surface area contributed by atoms with Crippen LogP contribution < -0.4 is 10.6 Å². The van der Waals surface area contributed by atoms with Crippen LogP contribution in [-0.2, 0) is 4.74 Å². The fraction of sp³-hybridized carbons (Fsp3) is 0.100. The van der Waals surface area contributed by atoms with Crippen molar-refractivity contribution in [2.75, 3.05) is 17.2 Å². The Kier molecular flexibility index (Phi) is 5.73. The topological polar surface area (TPSA) is 93.2 Å². The van der Waals surface area contributed by atoms with Crippen LogP contribution in [0, 0.1) is 0 Å². The number of aromatic nitrogens is 2. The number of hydrogen-bond acceptors (Lipinski definition) is 6. The molecule has 0 fully saturated rings. The van der Waals surface area contributed by atoms with Gasteiger partial charge in [0, 0.05) is 11.8 Å². The van der Waals surface area contributed by atoms with Crippen molar-refractivity contribution in [1.29, 1.82) is 0 Å². The molecule has 3 rings (SSSR count). The van der Waals surface area contributed by atoms with Gasteiger partial charge < -0.3 is 15.4 Å². The van der Waals surface area contributed by atoms with Crippen LogP contribution in [0.4, 0.5) is 17.2 Å². The summed E-state index contributed by atoms with van der Waals surface area (Å²) in [5, 5.41) is 5.80. The van der Waals surface area contributed by atoms with Crippen molar-refractivity contribution in [1.82, 2.24) is 9.97 Å². The highest BCUT2D eigenvalue weighted by molar-refractivity contribution is 6.07. The first kappa shape index (κ1) is 18.1. The van der Waals surface area contributed by atoms with E-state index in [1.807, 2.05) is 30.3 Å². The molecule has 0 aliphatic heterocycles. The first-order valence-corrected chi connectivity index (χ1v) is 8.39. The number of benzene rings is 2. The maximum Gasteiger partial charge on any atom is 0.340 e. The Balaban J connectivity index is 1.77. The molecule has 0 bridgehead atoms. The minimum Gasteiger partial charge on any atom is -0.462 e. The van der Waals surface area contributed by atoms with Crippen molar-refractivity contribution in [2.45, 2.75) is 6.92 Å². The third-order valence-electron chi connectivity index (χ3n) is 3.62. The van der Waals surface area contributed by atoms with Crippen LogP contribution in [-0.4, -0.2) is 28.5 Å². The minimum atomic E-state index is -0.498. The van der Waals surface area contributed by atoms with E-state index in [-0.39, 0.29) is 17.9 Å². The maximum absolute atomic E-state index is 12.6. The third-order valence-corrected chi connectivity index (χ3v) is 3.62. The lowest BCUT2D eigenvalue weighted by Crippen LogP contribution is -2.17. The fourth-order valence-corrected chi connectivity index (χ4v) is 2.38. The summed E-state index contributed by atoms with van der Waals surface area (Å²) in [6, 6.07) is 17.7. The van der Waals surface area contributed by atoms with Gasteiger partial charge in [-0.3, -0.25) is 4.79 Å². The summed E-state index contributed by atoms with van der Waals surface area (Å²) in [6.45, 7) is 1.97. The molecule has 2 aromatic carbocycles. The number of carbonyl (C=O) groups excluding carboxylic acids is 2. The van der Waals surface area contributed by atoms with Gasteiger partial charge in [-0.25, -0.2) is 14.8 Å². The van der Waals surface area contributed by atoms with E-state index >= 15 is 0 Å². The molecule has 0 aliphatic carbocycles. The second-order valence-electron chi connectivity index (χ2n) is 5.50. The number of rotatable bonds is 6. The number of nitrogens with zero attached hydrogens (tertiary/aromatic N) is 2. The normalized spacial score (nSPS) is 10.1. The molecule has 0 radical (unpaired) electrons. The summed E-state index contributed by atoms with van der Waals surface area (Å²) in [5.74, 6) is -0.465. The van der Waals surface area contributed by atoms with Crippen molar-refractivity contribution in [2.24, 2.45) is 0 Å². The van der Waals surface area contributed by atoms with E-state index in [1.54, 1.807) is 31.2 Å². The molecule has 3 aromatic rings. The standard InChI is InChI=1S/C20H18N4O3/c1-2-27-20(26)15-10-6-7-11-16(15)24-19(25)17-12-18(22-13-21-17)23-14-8-4-3-5-9-14/h3-13H,2H2,1H3,(H,24,25)(H,21,22,23). The summed E-state index contributed by atoms with van der Waals surface area (Å²) < 4.78 is 5.02. The predicted octanol–water partition coefficient (Wildman–Crippen LogP) is 3.65. The van der Waals surface area contributed by atoms with Gasteiger partial charge in [-0.05, 0) is 31.2 Å². The number of carbonyl (C=O) groups is 2. The van der Waals surface area contributed by atoms with Gasteiger partial charge in [-0.15, -0.1) is 0 Å². The van der Waals surface area contributed by atoms with Crippen LogP contribution in [0.25, 0.3) is 0 Å². The van der Waals surface area contributed by atoms with Gasteiger partial charge in [0.05, 0.1) is 17.9 Å². The fourth-order valence-electron chi connectivity index (χ4n) is 2.38. The molecule has 0 saturated heterocycles. The average Bonchev–Trinajstić information content (AvgIpc) is 2.69. The van der Waals surface area contributed by atoms with Crippen molar-refractivity contribution in [3.05, 3.63) is 78.2 Å². The molecule has 0 aliphatic rings. The maximum atomic E-state index is 12.6. The lowest BCUT2D eigenvalue weighted by atomic mass is 10.1. The summed E-state index contributed by atoms with van der Waals surface area (Å²) in [5.41, 5.74) is 1.65. The minimum absolute atomic E-state index is 0.169. The number of amides is 1. The lowest BCUT2D eigenvalue weighted by Gasteiger charge is -2.10. The van der Waals surface area contributed by atoms with Gasteiger partial charge >= 0.3 is 5.97 Å². The van der Waals surface area contributed by atoms with Gasteiger partial charge in [-0.2, -0.15) is 0 Å². The summed E-state index contributed by atoms with van der Waals surface area (Å²) >= 11 is 0. The summed E-state index contributed by atoms with van der Waals surface area (Å²) in [4.78, 5) is 32.7. The quantitative estimate of drug-likeness (QED) is 0.650. The molecule has 0 saturated carbocycles. The summed E-state index contributed by atoms with van der Waals surface area (Å²) in [6.07, 6.45) is 1.30. The SMILES string of the molecule is CCOC(=O)c1ccccc1NC(=O)c1cc(Nc2ccccc2)ncn1. The van der Waals surface area contributed by atoms with Crippen LogP contribution in [0.3, 0.4) is 0 Å². The number of esters is 1. The molecule has 0 atom stereocenters. The number of anilines is 3. The third kappa shape index (κ3) is 4.66. The molecule has 136 valence electrons. The monoisotopic (exact) mass is 362 g/mol. The molecule has 1 amide bonds. The molecule has 0 unspecified atom stereocenters. The van der Waals surface area contributed by atoms with Crippen LogP contribution in [0.2, 0.25) is 0 Å². The van der Waals surface area contributed by atoms with Crippen molar-refractivity contribution < 1.29 is 14.3 Å². The smallest absolute Gasteiger partial charge is 0.340 e. The van der Waals surface area contributed by atoms with Crippen molar-refractivity contribution in [3.8, 4) is 0 Å². The zero-order valence-electron chi connectivity index (χ0n) is 14.7. The zero-order valence-corrected chi connectivity index (χ0v) is 14.7. The van der Waals surface area contributed by atoms with Gasteiger partial charge in [-0.1, -0.05) is 30.3 Å². The largest absolute Gasteiger partial charge is 0.462 e. The Bertz CT molecular complexity index is 945. The van der Waals surface area contributed by atoms with E-state index in [0.717, 1.165) is 5.69 Å². The van der Waals surface area contributed by atoms with Crippen molar-refractivity contribution >= 4 is 29.1 Å². The second kappa shape index (κ2) is 8.57. The molecule has 7 nitrogen and oxygen atoms in total. The van der Waals surface area contributed by atoms with E-state index < -0.39 is 11.9 Å². The molecular weight excluding hydrogens is 344 g/mol. The Labute approximate surface area is 156 Å². The zero-order chi connectivity index (χ0) is 19.1. The predicted molar refractivity (Wildman–Crippen MR) is 102 cm³/mol. The van der Waals surface area contributed by atoms with Crippen molar-refractivity contribution in [3.63, 3.8) is 0 Å². The Morgan fingerprint density at radius 2 is 1.74 bits per heavy atom. The van der Waals surface area contributed by atoms with Gasteiger partial charge in [0.2, 0.25) is 0 Å². The second-order valence-corrected chi connectivity index (χ2v) is 5.50. The Hall–Kier alpha value is -3.74. The first-order chi connectivity index (χ1) is 13.2. The van der Waals surface area contributed by atoms with E-state index in [1.165, 1.54) is 12.4 Å². The Morgan fingerprint density at radius 1 is 1.00 bits per heavy atom. The van der Waals surface area contributed by atoms with Gasteiger partial charge in [0.15, 0.2) is 0 Å². The van der Waals surface area contributed by atoms with E-state index in [2.05, 4.69) is 20.6 Å². The highest BCUT2D eigenvalue weighted by atomic mass is 16.5. The number of para-hydroxylation sites is 2. The van der Waals surface area contributed by atoms with E-state index in [4.69, 9.17) is 4.74 Å². The molecular formula is C20H18N4O3. The van der Waals surface area contributed by atoms with Crippen LogP contribution in [0.15, 0.2) is 67.0 Å². The molecule has 1 aromatic heterocycles. The van der Waals surface area contributed by atoms with E-state index in [0.29, 0.717) is 11.5 Å². The first-order valence-electron chi connectivity index (χ1n) is 8.39. The molecule has 2 N–H and O–H groups in total. The van der Waals surface area contributed by atoms with Gasteiger partial charge in [0.1, 0.15) is 17.8 Å². The highest BCUT2D eigenvalue weighted by Crippen LogP contribution is 2.18. The molecule has 1 heterocycles. The van der Waals surface area contributed by atoms with E-state index in [9.17, 15) is 9.59 Å². The van der Waals surface area contributed by atoms with Crippen LogP contribution in [0.1, 0.15) is 27.8 Å². The van der Waals surface area contributed by atoms with Gasteiger partial charge in [0.25, 0.3) is 5.91 Å². The van der Waals surface area contributed by atoms with Crippen LogP contribution in [0.5, 0.6) is 0 Å².